The average molecular weight is 561 g/mol. The van der Waals surface area contributed by atoms with Crippen LogP contribution in [0.1, 0.15) is 29.8 Å². The van der Waals surface area contributed by atoms with Gasteiger partial charge in [0.15, 0.2) is 0 Å². The van der Waals surface area contributed by atoms with Gasteiger partial charge in [0.1, 0.15) is 17.7 Å². The monoisotopic (exact) mass is 560 g/mol. The third-order valence-electron chi connectivity index (χ3n) is 6.52. The summed E-state index contributed by atoms with van der Waals surface area (Å²) in [5.74, 6) is -4.15. The molecule has 1 saturated heterocycles. The standard InChI is InChI=1S/C25H25F3N4O2.C2H2O4/c1-33-22-9-8-20(32-23(25(26,27)28)29-17-30-32)12-21(22)19-13-24(34-15-19)10-5-11-31(16-24)14-18-6-3-2-4-7-18;3-1(4)2(5)6/h2-4,6-9,12-13,17H,5,10-11,14-16H2,1H3;(H,3,4)(H,5,6). The molecule has 40 heavy (non-hydrogen) atoms. The maximum Gasteiger partial charge on any atom is 0.451 e. The molecule has 0 saturated carbocycles. The van der Waals surface area contributed by atoms with Gasteiger partial charge in [0.2, 0.25) is 5.82 Å². The number of likely N-dealkylation sites (tertiary alicyclic amines) is 1. The Morgan fingerprint density at radius 3 is 2.50 bits per heavy atom. The van der Waals surface area contributed by atoms with E-state index in [2.05, 4.69) is 33.2 Å². The smallest absolute Gasteiger partial charge is 0.451 e. The molecule has 1 fully saturated rings. The van der Waals surface area contributed by atoms with Crippen molar-refractivity contribution in [2.75, 3.05) is 26.8 Å². The summed E-state index contributed by atoms with van der Waals surface area (Å²) in [6.07, 6.45) is 0.314. The number of carboxylic acids is 2. The van der Waals surface area contributed by atoms with E-state index in [1.54, 1.807) is 25.3 Å². The Hall–Kier alpha value is -4.23. The number of hydrogen-bond acceptors (Lipinski definition) is 7. The summed E-state index contributed by atoms with van der Waals surface area (Å²) in [6, 6.07) is 15.2. The highest BCUT2D eigenvalue weighted by atomic mass is 19.4. The van der Waals surface area contributed by atoms with Crippen LogP contribution in [-0.4, -0.2) is 74.2 Å². The minimum absolute atomic E-state index is 0.261. The van der Waals surface area contributed by atoms with Crippen LogP contribution in [0, 0.1) is 0 Å². The minimum Gasteiger partial charge on any atom is -0.496 e. The van der Waals surface area contributed by atoms with Crippen molar-refractivity contribution in [3.05, 3.63) is 77.9 Å². The van der Waals surface area contributed by atoms with E-state index in [0.717, 1.165) is 49.1 Å². The summed E-state index contributed by atoms with van der Waals surface area (Å²) in [6.45, 7) is 2.96. The zero-order valence-electron chi connectivity index (χ0n) is 21.5. The maximum atomic E-state index is 13.4. The summed E-state index contributed by atoms with van der Waals surface area (Å²) < 4.78 is 52.7. The third kappa shape index (κ3) is 6.66. The van der Waals surface area contributed by atoms with Gasteiger partial charge in [-0.05, 0) is 54.8 Å². The lowest BCUT2D eigenvalue weighted by Crippen LogP contribution is -2.46. The first-order chi connectivity index (χ1) is 19.0. The van der Waals surface area contributed by atoms with Gasteiger partial charge in [-0.15, -0.1) is 0 Å². The van der Waals surface area contributed by atoms with Crippen LogP contribution in [0.4, 0.5) is 13.2 Å². The molecule has 3 aromatic rings. The van der Waals surface area contributed by atoms with Gasteiger partial charge in [0.05, 0.1) is 19.4 Å². The second kappa shape index (κ2) is 11.9. The van der Waals surface area contributed by atoms with Crippen molar-refractivity contribution < 1.29 is 42.4 Å². The molecule has 2 N–H and O–H groups in total. The van der Waals surface area contributed by atoms with E-state index in [4.69, 9.17) is 29.3 Å². The molecule has 2 aliphatic heterocycles. The van der Waals surface area contributed by atoms with E-state index in [0.29, 0.717) is 17.9 Å². The molecule has 13 heteroatoms. The van der Waals surface area contributed by atoms with Crippen molar-refractivity contribution >= 4 is 17.5 Å². The van der Waals surface area contributed by atoms with Crippen LogP contribution >= 0.6 is 0 Å². The molecular weight excluding hydrogens is 533 g/mol. The van der Waals surface area contributed by atoms with E-state index in [-0.39, 0.29) is 5.69 Å². The van der Waals surface area contributed by atoms with Gasteiger partial charge in [-0.1, -0.05) is 30.3 Å². The lowest BCUT2D eigenvalue weighted by Gasteiger charge is -2.38. The number of carbonyl (C=O) groups is 2. The number of aromatic nitrogens is 3. The zero-order chi connectivity index (χ0) is 28.9. The number of hydrogen-bond donors (Lipinski definition) is 2. The predicted octanol–water partition coefficient (Wildman–Crippen LogP) is 3.90. The molecule has 1 spiro atoms. The first kappa shape index (κ1) is 28.8. The fourth-order valence-corrected chi connectivity index (χ4v) is 4.83. The number of nitrogens with zero attached hydrogens (tertiary/aromatic N) is 4. The van der Waals surface area contributed by atoms with E-state index in [9.17, 15) is 13.2 Å². The molecule has 0 aliphatic carbocycles. The summed E-state index contributed by atoms with van der Waals surface area (Å²) in [7, 11) is 1.55. The number of halogens is 3. The van der Waals surface area contributed by atoms with Crippen LogP contribution in [0.2, 0.25) is 0 Å². The molecule has 1 atom stereocenters. The number of ether oxygens (including phenoxy) is 2. The van der Waals surface area contributed by atoms with Gasteiger partial charge in [-0.3, -0.25) is 4.90 Å². The van der Waals surface area contributed by atoms with Crippen LogP contribution in [0.5, 0.6) is 5.75 Å². The van der Waals surface area contributed by atoms with Crippen molar-refractivity contribution in [1.29, 1.82) is 0 Å². The van der Waals surface area contributed by atoms with Gasteiger partial charge in [-0.2, -0.15) is 18.3 Å². The quantitative estimate of drug-likeness (QED) is 0.447. The van der Waals surface area contributed by atoms with Crippen LogP contribution < -0.4 is 4.74 Å². The molecule has 212 valence electrons. The van der Waals surface area contributed by atoms with Crippen molar-refractivity contribution in [3.8, 4) is 11.4 Å². The highest BCUT2D eigenvalue weighted by molar-refractivity contribution is 6.27. The molecular formula is C27H27F3N4O6. The summed E-state index contributed by atoms with van der Waals surface area (Å²) in [4.78, 5) is 24.0. The Kier molecular flexibility index (Phi) is 8.55. The second-order valence-corrected chi connectivity index (χ2v) is 9.31. The average Bonchev–Trinajstić information content (AvgIpc) is 3.57. The first-order valence-corrected chi connectivity index (χ1v) is 12.3. The van der Waals surface area contributed by atoms with Gasteiger partial charge in [0, 0.05) is 18.7 Å². The fourth-order valence-electron chi connectivity index (χ4n) is 4.83. The Balaban J connectivity index is 0.000000557. The molecule has 1 unspecified atom stereocenters. The lowest BCUT2D eigenvalue weighted by atomic mass is 9.90. The van der Waals surface area contributed by atoms with E-state index in [1.807, 2.05) is 18.2 Å². The lowest BCUT2D eigenvalue weighted by molar-refractivity contribution is -0.159. The minimum atomic E-state index is -4.61. The first-order valence-electron chi connectivity index (χ1n) is 12.3. The van der Waals surface area contributed by atoms with E-state index < -0.39 is 29.5 Å². The molecule has 0 radical (unpaired) electrons. The van der Waals surface area contributed by atoms with Crippen LogP contribution in [0.15, 0.2) is 60.9 Å². The van der Waals surface area contributed by atoms with E-state index >= 15 is 0 Å². The number of methoxy groups -OCH3 is 1. The third-order valence-corrected chi connectivity index (χ3v) is 6.52. The van der Waals surface area contributed by atoms with Crippen molar-refractivity contribution in [3.63, 3.8) is 0 Å². The SMILES string of the molecule is COc1ccc(-n2ncnc2C(F)(F)F)cc1C1=CC2(CCCN(Cc3ccccc3)C2)OC1.O=C(O)C(=O)O. The van der Waals surface area contributed by atoms with Crippen molar-refractivity contribution in [2.24, 2.45) is 0 Å². The van der Waals surface area contributed by atoms with Crippen molar-refractivity contribution in [1.82, 2.24) is 19.7 Å². The molecule has 5 rings (SSSR count). The number of carboxylic acid groups (broad SMARTS) is 2. The van der Waals surface area contributed by atoms with Crippen LogP contribution in [-0.2, 0) is 27.0 Å². The molecule has 0 bridgehead atoms. The molecule has 0 amide bonds. The number of piperidine rings is 1. The second-order valence-electron chi connectivity index (χ2n) is 9.31. The highest BCUT2D eigenvalue weighted by Crippen LogP contribution is 2.40. The number of benzene rings is 2. The summed E-state index contributed by atoms with van der Waals surface area (Å²) in [5, 5.41) is 18.6. The molecule has 2 aliphatic rings. The highest BCUT2D eigenvalue weighted by Gasteiger charge is 2.40. The summed E-state index contributed by atoms with van der Waals surface area (Å²) in [5.41, 5.74) is 2.68. The molecule has 10 nitrogen and oxygen atoms in total. The van der Waals surface area contributed by atoms with Crippen molar-refractivity contribution in [2.45, 2.75) is 31.2 Å². The molecule has 2 aromatic carbocycles. The Morgan fingerprint density at radius 1 is 1.12 bits per heavy atom. The van der Waals surface area contributed by atoms with Gasteiger partial charge in [-0.25, -0.2) is 19.3 Å². The normalized spacial score (nSPS) is 19.1. The number of rotatable bonds is 5. The maximum absolute atomic E-state index is 13.4. The molecule has 1 aromatic heterocycles. The van der Waals surface area contributed by atoms with Crippen LogP contribution in [0.3, 0.4) is 0 Å². The van der Waals surface area contributed by atoms with Gasteiger partial charge >= 0.3 is 18.1 Å². The number of alkyl halides is 3. The Morgan fingerprint density at radius 2 is 1.85 bits per heavy atom. The number of aliphatic carboxylic acids is 2. The Labute approximate surface area is 227 Å². The van der Waals surface area contributed by atoms with E-state index in [1.165, 1.54) is 5.56 Å². The van der Waals surface area contributed by atoms with Crippen LogP contribution in [0.25, 0.3) is 11.3 Å². The summed E-state index contributed by atoms with van der Waals surface area (Å²) >= 11 is 0. The Bertz CT molecular complexity index is 1380. The zero-order valence-corrected chi connectivity index (χ0v) is 21.5. The predicted molar refractivity (Wildman–Crippen MR) is 136 cm³/mol. The van der Waals surface area contributed by atoms with Gasteiger partial charge in [0.25, 0.3) is 0 Å². The fraction of sp³-hybridized carbons (Fsp3) is 0.333. The van der Waals surface area contributed by atoms with Gasteiger partial charge < -0.3 is 19.7 Å². The largest absolute Gasteiger partial charge is 0.496 e. The topological polar surface area (TPSA) is 127 Å². The molecule has 3 heterocycles.